The molecule has 0 atom stereocenters. The molecule has 0 aliphatic heterocycles. The van der Waals surface area contributed by atoms with E-state index in [9.17, 15) is 0 Å². The van der Waals surface area contributed by atoms with Gasteiger partial charge in [0, 0.05) is 6.54 Å². The number of nitrogen functional groups attached to an aromatic ring is 1. The molecule has 0 saturated heterocycles. The first kappa shape index (κ1) is 14.2. The number of nitrogens with two attached hydrogens (primary N) is 1. The number of benzene rings is 1. The maximum Gasteiger partial charge on any atom is 0.201 e. The van der Waals surface area contributed by atoms with Gasteiger partial charge in [-0.3, -0.25) is 0 Å². The van der Waals surface area contributed by atoms with E-state index in [0.717, 1.165) is 29.7 Å². The minimum absolute atomic E-state index is 0.419. The summed E-state index contributed by atoms with van der Waals surface area (Å²) in [6, 6.07) is 6.11. The zero-order valence-corrected chi connectivity index (χ0v) is 13.1. The van der Waals surface area contributed by atoms with E-state index in [-0.39, 0.29) is 0 Å². The normalized spacial score (nSPS) is 16.9. The molecule has 2 N–H and O–H groups in total. The summed E-state index contributed by atoms with van der Waals surface area (Å²) in [5, 5.41) is 0. The Morgan fingerprint density at radius 2 is 2.14 bits per heavy atom. The molecule has 0 radical (unpaired) electrons. The van der Waals surface area contributed by atoms with Crippen LogP contribution in [0.3, 0.4) is 0 Å². The van der Waals surface area contributed by atoms with Crippen molar-refractivity contribution in [2.45, 2.75) is 52.5 Å². The zero-order valence-electron chi connectivity index (χ0n) is 13.1. The van der Waals surface area contributed by atoms with Crippen molar-refractivity contribution in [3.8, 4) is 5.75 Å². The van der Waals surface area contributed by atoms with Crippen LogP contribution in [0.25, 0.3) is 11.0 Å². The highest BCUT2D eigenvalue weighted by molar-refractivity contribution is 5.84. The molecule has 1 aliphatic carbocycles. The molecule has 4 heteroatoms. The van der Waals surface area contributed by atoms with E-state index < -0.39 is 0 Å². The fourth-order valence-electron chi connectivity index (χ4n) is 3.27. The van der Waals surface area contributed by atoms with Gasteiger partial charge in [0.1, 0.15) is 11.3 Å². The molecule has 1 aliphatic rings. The van der Waals surface area contributed by atoms with E-state index in [1.165, 1.54) is 25.7 Å². The lowest BCUT2D eigenvalue weighted by atomic mass is 9.67. The molecule has 4 nitrogen and oxygen atoms in total. The molecule has 2 aromatic rings. The molecular formula is C17H25N3O. The predicted octanol–water partition coefficient (Wildman–Crippen LogP) is 3.99. The highest BCUT2D eigenvalue weighted by Crippen LogP contribution is 2.46. The topological polar surface area (TPSA) is 53.1 Å². The van der Waals surface area contributed by atoms with Gasteiger partial charge in [0.2, 0.25) is 5.95 Å². The van der Waals surface area contributed by atoms with Crippen LogP contribution >= 0.6 is 0 Å². The van der Waals surface area contributed by atoms with Gasteiger partial charge in [0.15, 0.2) is 0 Å². The van der Waals surface area contributed by atoms with E-state index in [0.29, 0.717) is 18.0 Å². The number of anilines is 1. The van der Waals surface area contributed by atoms with Crippen LogP contribution in [0.1, 0.15) is 46.0 Å². The van der Waals surface area contributed by atoms with E-state index in [1.54, 1.807) is 0 Å². The summed E-state index contributed by atoms with van der Waals surface area (Å²) in [5.41, 5.74) is 8.60. The molecule has 0 spiro atoms. The maximum absolute atomic E-state index is 6.19. The van der Waals surface area contributed by atoms with E-state index >= 15 is 0 Å². The van der Waals surface area contributed by atoms with Crippen molar-refractivity contribution in [2.75, 3.05) is 12.3 Å². The molecule has 21 heavy (non-hydrogen) atoms. The summed E-state index contributed by atoms with van der Waals surface area (Å²) in [7, 11) is 0. The molecular weight excluding hydrogens is 262 g/mol. The van der Waals surface area contributed by atoms with Crippen molar-refractivity contribution in [3.63, 3.8) is 0 Å². The van der Waals surface area contributed by atoms with Gasteiger partial charge in [-0.1, -0.05) is 26.3 Å². The third-order valence-electron chi connectivity index (χ3n) is 4.89. The lowest BCUT2D eigenvalue weighted by molar-refractivity contribution is 0.103. The van der Waals surface area contributed by atoms with Gasteiger partial charge >= 0.3 is 0 Å². The minimum Gasteiger partial charge on any atom is -0.491 e. The van der Waals surface area contributed by atoms with Crippen LogP contribution < -0.4 is 10.5 Å². The number of nitrogens with zero attached hydrogens (tertiary/aromatic N) is 2. The average molecular weight is 287 g/mol. The van der Waals surface area contributed by atoms with Gasteiger partial charge in [-0.05, 0) is 43.2 Å². The summed E-state index contributed by atoms with van der Waals surface area (Å²) in [4.78, 5) is 4.56. The number of aromatic nitrogens is 2. The summed E-state index contributed by atoms with van der Waals surface area (Å²) in [5.74, 6) is 1.45. The van der Waals surface area contributed by atoms with Crippen LogP contribution in [0.15, 0.2) is 18.2 Å². The first-order chi connectivity index (χ1) is 10.2. The van der Waals surface area contributed by atoms with Crippen LogP contribution in [0.5, 0.6) is 5.75 Å². The van der Waals surface area contributed by atoms with Crippen molar-refractivity contribution >= 4 is 17.0 Å². The number of imidazole rings is 1. The third kappa shape index (κ3) is 2.47. The van der Waals surface area contributed by atoms with E-state index in [2.05, 4.69) is 29.5 Å². The second-order valence-corrected chi connectivity index (χ2v) is 6.24. The molecule has 1 aromatic carbocycles. The Morgan fingerprint density at radius 1 is 1.33 bits per heavy atom. The summed E-state index contributed by atoms with van der Waals surface area (Å²) >= 11 is 0. The van der Waals surface area contributed by atoms with Gasteiger partial charge in [0.05, 0.1) is 12.1 Å². The Kier molecular flexibility index (Phi) is 3.79. The van der Waals surface area contributed by atoms with Gasteiger partial charge in [-0.15, -0.1) is 0 Å². The highest BCUT2D eigenvalue weighted by atomic mass is 16.5. The average Bonchev–Trinajstić information content (AvgIpc) is 2.77. The largest absolute Gasteiger partial charge is 0.491 e. The van der Waals surface area contributed by atoms with Crippen LogP contribution in [0.4, 0.5) is 5.95 Å². The molecule has 1 fully saturated rings. The Balaban J connectivity index is 1.97. The third-order valence-corrected chi connectivity index (χ3v) is 4.89. The molecule has 0 unspecified atom stereocenters. The predicted molar refractivity (Wildman–Crippen MR) is 86.5 cm³/mol. The molecule has 0 amide bonds. The lowest BCUT2D eigenvalue weighted by Crippen LogP contribution is -2.33. The Morgan fingerprint density at radius 3 is 2.76 bits per heavy atom. The highest BCUT2D eigenvalue weighted by Gasteiger charge is 2.36. The van der Waals surface area contributed by atoms with Gasteiger partial charge in [0.25, 0.3) is 0 Å². The quantitative estimate of drug-likeness (QED) is 0.874. The monoisotopic (exact) mass is 287 g/mol. The number of fused-ring (bicyclic) bond motifs is 1. The minimum atomic E-state index is 0.419. The Bertz CT molecular complexity index is 623. The number of hydrogen-bond acceptors (Lipinski definition) is 3. The van der Waals surface area contributed by atoms with Crippen LogP contribution in [0.2, 0.25) is 0 Å². The van der Waals surface area contributed by atoms with E-state index in [1.807, 2.05) is 12.1 Å². The Hall–Kier alpha value is -1.71. The van der Waals surface area contributed by atoms with Gasteiger partial charge < -0.3 is 15.0 Å². The fourth-order valence-corrected chi connectivity index (χ4v) is 3.27. The maximum atomic E-state index is 6.19. The first-order valence-corrected chi connectivity index (χ1v) is 8.06. The fraction of sp³-hybridized carbons (Fsp3) is 0.588. The molecule has 114 valence electrons. The van der Waals surface area contributed by atoms with Crippen LogP contribution in [-0.2, 0) is 6.54 Å². The summed E-state index contributed by atoms with van der Waals surface area (Å²) in [6.45, 7) is 6.08. The number of ether oxygens (including phenoxy) is 1. The number of para-hydroxylation sites is 1. The van der Waals surface area contributed by atoms with Crippen molar-refractivity contribution < 1.29 is 4.74 Å². The smallest absolute Gasteiger partial charge is 0.201 e. The molecule has 0 bridgehead atoms. The first-order valence-electron chi connectivity index (χ1n) is 8.06. The summed E-state index contributed by atoms with van der Waals surface area (Å²) in [6.07, 6.45) is 6.14. The van der Waals surface area contributed by atoms with Gasteiger partial charge in [-0.25, -0.2) is 4.98 Å². The SMILES string of the molecule is CCCOc1cccc2c1nc(N)n2CC1(CC)CCC1. The molecule has 1 aromatic heterocycles. The second-order valence-electron chi connectivity index (χ2n) is 6.24. The van der Waals surface area contributed by atoms with Crippen molar-refractivity contribution in [1.29, 1.82) is 0 Å². The number of rotatable bonds is 6. The van der Waals surface area contributed by atoms with E-state index in [4.69, 9.17) is 10.5 Å². The van der Waals surface area contributed by atoms with Crippen LogP contribution in [-0.4, -0.2) is 16.2 Å². The molecule has 3 rings (SSSR count). The Labute approximate surface area is 126 Å². The van der Waals surface area contributed by atoms with Crippen molar-refractivity contribution in [1.82, 2.24) is 9.55 Å². The van der Waals surface area contributed by atoms with Crippen molar-refractivity contribution in [2.24, 2.45) is 5.41 Å². The number of hydrogen-bond donors (Lipinski definition) is 1. The zero-order chi connectivity index (χ0) is 14.9. The van der Waals surface area contributed by atoms with Gasteiger partial charge in [-0.2, -0.15) is 0 Å². The summed E-state index contributed by atoms with van der Waals surface area (Å²) < 4.78 is 7.98. The van der Waals surface area contributed by atoms with Crippen LogP contribution in [0, 0.1) is 5.41 Å². The standard InChI is InChI=1S/C17H25N3O/c1-3-11-21-14-8-5-7-13-15(14)19-16(18)20(13)12-17(4-2)9-6-10-17/h5,7-8H,3-4,6,9-12H2,1-2H3,(H2,18,19). The van der Waals surface area contributed by atoms with Crippen molar-refractivity contribution in [3.05, 3.63) is 18.2 Å². The second kappa shape index (κ2) is 5.58. The lowest BCUT2D eigenvalue weighted by Gasteiger charge is -2.41. The molecule has 1 heterocycles. The molecule has 1 saturated carbocycles.